The van der Waals surface area contributed by atoms with Crippen LogP contribution in [0.3, 0.4) is 0 Å². The van der Waals surface area contributed by atoms with E-state index in [4.69, 9.17) is 0 Å². The van der Waals surface area contributed by atoms with Gasteiger partial charge in [0, 0.05) is 24.7 Å². The SMILES string of the molecule is CCN(C)CC1CC(C)N1C(C)C. The van der Waals surface area contributed by atoms with Crippen LogP contribution in [0.15, 0.2) is 0 Å². The Hall–Kier alpha value is -0.0800. The minimum absolute atomic E-state index is 0.707. The molecule has 2 nitrogen and oxygen atoms in total. The molecule has 2 heteroatoms. The quantitative estimate of drug-likeness (QED) is 0.657. The van der Waals surface area contributed by atoms with Crippen LogP contribution < -0.4 is 0 Å². The number of likely N-dealkylation sites (N-methyl/N-ethyl adjacent to an activating group) is 1. The maximum Gasteiger partial charge on any atom is 0.0243 e. The molecule has 0 N–H and O–H groups in total. The van der Waals surface area contributed by atoms with Gasteiger partial charge in [-0.2, -0.15) is 0 Å². The van der Waals surface area contributed by atoms with Crippen molar-refractivity contribution in [3.05, 3.63) is 0 Å². The lowest BCUT2D eigenvalue weighted by molar-refractivity contribution is -0.0174. The van der Waals surface area contributed by atoms with E-state index in [2.05, 4.69) is 44.5 Å². The first-order chi connectivity index (χ1) is 6.06. The molecular formula is C11H24N2. The number of likely N-dealkylation sites (tertiary alicyclic amines) is 1. The van der Waals surface area contributed by atoms with E-state index in [-0.39, 0.29) is 0 Å². The normalized spacial score (nSPS) is 29.8. The van der Waals surface area contributed by atoms with Gasteiger partial charge in [-0.1, -0.05) is 6.92 Å². The molecule has 13 heavy (non-hydrogen) atoms. The molecule has 78 valence electrons. The summed E-state index contributed by atoms with van der Waals surface area (Å²) in [6, 6.07) is 2.31. The Morgan fingerprint density at radius 2 is 2.08 bits per heavy atom. The lowest BCUT2D eigenvalue weighted by Gasteiger charge is -2.51. The van der Waals surface area contributed by atoms with Crippen molar-refractivity contribution in [1.29, 1.82) is 0 Å². The molecular weight excluding hydrogens is 160 g/mol. The highest BCUT2D eigenvalue weighted by Gasteiger charge is 2.36. The van der Waals surface area contributed by atoms with Crippen LogP contribution >= 0.6 is 0 Å². The summed E-state index contributed by atoms with van der Waals surface area (Å²) in [5.41, 5.74) is 0. The van der Waals surface area contributed by atoms with Gasteiger partial charge in [-0.05, 0) is 40.8 Å². The average Bonchev–Trinajstić information content (AvgIpc) is 2.01. The smallest absolute Gasteiger partial charge is 0.0243 e. The second-order valence-electron chi connectivity index (χ2n) is 4.63. The highest BCUT2D eigenvalue weighted by atomic mass is 15.3. The van der Waals surface area contributed by atoms with Crippen LogP contribution in [0.1, 0.15) is 34.1 Å². The van der Waals surface area contributed by atoms with Crippen LogP contribution in [0, 0.1) is 0 Å². The van der Waals surface area contributed by atoms with E-state index in [1.165, 1.54) is 13.0 Å². The van der Waals surface area contributed by atoms with Gasteiger partial charge in [-0.25, -0.2) is 0 Å². The highest BCUT2D eigenvalue weighted by Crippen LogP contribution is 2.28. The maximum absolute atomic E-state index is 2.63. The Bertz CT molecular complexity index is 151. The molecule has 0 aromatic rings. The molecule has 1 rings (SSSR count). The number of rotatable bonds is 4. The molecule has 0 radical (unpaired) electrons. The van der Waals surface area contributed by atoms with Gasteiger partial charge in [0.05, 0.1) is 0 Å². The third kappa shape index (κ3) is 2.44. The maximum atomic E-state index is 2.63. The van der Waals surface area contributed by atoms with E-state index in [1.54, 1.807) is 0 Å². The van der Waals surface area contributed by atoms with E-state index >= 15 is 0 Å². The third-order valence-corrected chi connectivity index (χ3v) is 3.20. The molecule has 2 atom stereocenters. The van der Waals surface area contributed by atoms with Crippen molar-refractivity contribution in [2.24, 2.45) is 0 Å². The van der Waals surface area contributed by atoms with Crippen molar-refractivity contribution >= 4 is 0 Å². The number of hydrogen-bond donors (Lipinski definition) is 0. The fourth-order valence-corrected chi connectivity index (χ4v) is 2.45. The largest absolute Gasteiger partial charge is 0.305 e. The summed E-state index contributed by atoms with van der Waals surface area (Å²) in [7, 11) is 2.21. The minimum Gasteiger partial charge on any atom is -0.305 e. The van der Waals surface area contributed by atoms with E-state index in [0.29, 0.717) is 6.04 Å². The second-order valence-corrected chi connectivity index (χ2v) is 4.63. The van der Waals surface area contributed by atoms with Crippen molar-refractivity contribution in [2.75, 3.05) is 20.1 Å². The van der Waals surface area contributed by atoms with Crippen LogP contribution in [-0.4, -0.2) is 48.1 Å². The summed E-state index contributed by atoms with van der Waals surface area (Å²) >= 11 is 0. The predicted octanol–water partition coefficient (Wildman–Crippen LogP) is 1.81. The molecule has 1 aliphatic rings. The van der Waals surface area contributed by atoms with Gasteiger partial charge in [0.2, 0.25) is 0 Å². The van der Waals surface area contributed by atoms with Crippen molar-refractivity contribution in [3.63, 3.8) is 0 Å². The first-order valence-electron chi connectivity index (χ1n) is 5.52. The lowest BCUT2D eigenvalue weighted by Crippen LogP contribution is -2.60. The summed E-state index contributed by atoms with van der Waals surface area (Å²) in [4.78, 5) is 5.04. The van der Waals surface area contributed by atoms with Crippen LogP contribution in [0.5, 0.6) is 0 Å². The van der Waals surface area contributed by atoms with Crippen LogP contribution in [-0.2, 0) is 0 Å². The molecule has 1 fully saturated rings. The van der Waals surface area contributed by atoms with E-state index in [1.807, 2.05) is 0 Å². The van der Waals surface area contributed by atoms with Gasteiger partial charge in [0.25, 0.3) is 0 Å². The van der Waals surface area contributed by atoms with Crippen molar-refractivity contribution in [3.8, 4) is 0 Å². The molecule has 0 amide bonds. The van der Waals surface area contributed by atoms with E-state index in [9.17, 15) is 0 Å². The van der Waals surface area contributed by atoms with Crippen LogP contribution in [0.2, 0.25) is 0 Å². The second kappa shape index (κ2) is 4.43. The zero-order valence-electron chi connectivity index (χ0n) is 9.75. The van der Waals surface area contributed by atoms with Crippen molar-refractivity contribution in [2.45, 2.75) is 52.2 Å². The summed E-state index contributed by atoms with van der Waals surface area (Å²) in [5.74, 6) is 0. The highest BCUT2D eigenvalue weighted by molar-refractivity contribution is 4.93. The molecule has 0 aromatic heterocycles. The lowest BCUT2D eigenvalue weighted by atomic mass is 9.91. The number of hydrogen-bond acceptors (Lipinski definition) is 2. The van der Waals surface area contributed by atoms with Crippen LogP contribution in [0.4, 0.5) is 0 Å². The van der Waals surface area contributed by atoms with Gasteiger partial charge < -0.3 is 4.90 Å². The molecule has 0 aromatic carbocycles. The summed E-state index contributed by atoms with van der Waals surface area (Å²) in [6.07, 6.45) is 1.38. The van der Waals surface area contributed by atoms with Crippen molar-refractivity contribution < 1.29 is 0 Å². The first kappa shape index (κ1) is 11.0. The Kier molecular flexibility index (Phi) is 3.74. The molecule has 1 aliphatic heterocycles. The van der Waals surface area contributed by atoms with Gasteiger partial charge in [0.15, 0.2) is 0 Å². The molecule has 1 heterocycles. The Balaban J connectivity index is 2.36. The van der Waals surface area contributed by atoms with Gasteiger partial charge >= 0.3 is 0 Å². The zero-order chi connectivity index (χ0) is 10.0. The number of nitrogens with zero attached hydrogens (tertiary/aromatic N) is 2. The van der Waals surface area contributed by atoms with E-state index in [0.717, 1.165) is 18.6 Å². The van der Waals surface area contributed by atoms with Gasteiger partial charge in [-0.15, -0.1) is 0 Å². The molecule has 0 spiro atoms. The van der Waals surface area contributed by atoms with Gasteiger partial charge in [-0.3, -0.25) is 4.90 Å². The third-order valence-electron chi connectivity index (χ3n) is 3.20. The Morgan fingerprint density at radius 1 is 1.46 bits per heavy atom. The summed E-state index contributed by atoms with van der Waals surface area (Å²) in [5, 5.41) is 0. The predicted molar refractivity (Wildman–Crippen MR) is 58.0 cm³/mol. The average molecular weight is 184 g/mol. The molecule has 2 unspecified atom stereocenters. The Morgan fingerprint density at radius 3 is 2.46 bits per heavy atom. The fourth-order valence-electron chi connectivity index (χ4n) is 2.45. The monoisotopic (exact) mass is 184 g/mol. The molecule has 0 bridgehead atoms. The van der Waals surface area contributed by atoms with E-state index < -0.39 is 0 Å². The minimum atomic E-state index is 0.707. The zero-order valence-corrected chi connectivity index (χ0v) is 9.75. The summed E-state index contributed by atoms with van der Waals surface area (Å²) in [6.45, 7) is 11.6. The first-order valence-corrected chi connectivity index (χ1v) is 5.52. The molecule has 1 saturated heterocycles. The van der Waals surface area contributed by atoms with Gasteiger partial charge in [0.1, 0.15) is 0 Å². The molecule has 0 aliphatic carbocycles. The Labute approximate surface area is 82.9 Å². The standard InChI is InChI=1S/C11H24N2/c1-6-12(5)8-11-7-10(4)13(11)9(2)3/h9-11H,6-8H2,1-5H3. The van der Waals surface area contributed by atoms with Crippen LogP contribution in [0.25, 0.3) is 0 Å². The summed E-state index contributed by atoms with van der Waals surface area (Å²) < 4.78 is 0. The topological polar surface area (TPSA) is 6.48 Å². The van der Waals surface area contributed by atoms with Crippen molar-refractivity contribution in [1.82, 2.24) is 9.80 Å². The fraction of sp³-hybridized carbons (Fsp3) is 1.00. The molecule has 0 saturated carbocycles.